The average molecular weight is 264 g/mol. The lowest BCUT2D eigenvalue weighted by Crippen LogP contribution is -2.44. The molecule has 2 rings (SSSR count). The zero-order valence-electron chi connectivity index (χ0n) is 11.4. The minimum absolute atomic E-state index is 0.0144. The van der Waals surface area contributed by atoms with Crippen molar-refractivity contribution in [2.75, 3.05) is 13.1 Å². The summed E-state index contributed by atoms with van der Waals surface area (Å²) >= 11 is 0. The van der Waals surface area contributed by atoms with Gasteiger partial charge in [-0.25, -0.2) is 4.98 Å². The molecule has 0 saturated carbocycles. The molecule has 6 nitrogen and oxygen atoms in total. The van der Waals surface area contributed by atoms with Crippen LogP contribution >= 0.6 is 0 Å². The van der Waals surface area contributed by atoms with E-state index in [-0.39, 0.29) is 24.2 Å². The van der Waals surface area contributed by atoms with Gasteiger partial charge in [-0.05, 0) is 26.7 Å². The normalized spacial score (nSPS) is 19.5. The first kappa shape index (κ1) is 13.6. The third kappa shape index (κ3) is 3.13. The number of aromatic amines is 1. The smallest absolute Gasteiger partial charge is 0.228 e. The molecule has 1 aliphatic rings. The Labute approximate surface area is 112 Å². The first-order valence-corrected chi connectivity index (χ1v) is 6.56. The Bertz CT molecular complexity index is 495. The summed E-state index contributed by atoms with van der Waals surface area (Å²) in [5.74, 6) is 0.304. The summed E-state index contributed by atoms with van der Waals surface area (Å²) in [4.78, 5) is 32.5. The summed E-state index contributed by atoms with van der Waals surface area (Å²) in [5.41, 5.74) is 7.02. The third-order valence-corrected chi connectivity index (χ3v) is 3.60. The monoisotopic (exact) mass is 264 g/mol. The number of hydrogen-bond acceptors (Lipinski definition) is 3. The Morgan fingerprint density at radius 1 is 1.47 bits per heavy atom. The van der Waals surface area contributed by atoms with Gasteiger partial charge in [-0.3, -0.25) is 9.59 Å². The Morgan fingerprint density at radius 2 is 2.21 bits per heavy atom. The second kappa shape index (κ2) is 5.42. The maximum absolute atomic E-state index is 12.2. The third-order valence-electron chi connectivity index (χ3n) is 3.60. The van der Waals surface area contributed by atoms with E-state index in [0.717, 1.165) is 30.1 Å². The van der Waals surface area contributed by atoms with Crippen LogP contribution in [0.15, 0.2) is 0 Å². The Morgan fingerprint density at radius 3 is 2.79 bits per heavy atom. The van der Waals surface area contributed by atoms with Crippen LogP contribution in [0.2, 0.25) is 0 Å². The zero-order valence-corrected chi connectivity index (χ0v) is 11.4. The average Bonchev–Trinajstić information content (AvgIpc) is 2.68. The molecule has 1 fully saturated rings. The number of nitrogens with zero attached hydrogens (tertiary/aromatic N) is 2. The van der Waals surface area contributed by atoms with Crippen LogP contribution in [-0.2, 0) is 16.0 Å². The number of primary amides is 1. The maximum Gasteiger partial charge on any atom is 0.228 e. The second-order valence-corrected chi connectivity index (χ2v) is 5.15. The number of piperidine rings is 1. The highest BCUT2D eigenvalue weighted by Crippen LogP contribution is 2.17. The van der Waals surface area contributed by atoms with Gasteiger partial charge < -0.3 is 15.6 Å². The summed E-state index contributed by atoms with van der Waals surface area (Å²) in [7, 11) is 0. The minimum atomic E-state index is -0.315. The van der Waals surface area contributed by atoms with Crippen molar-refractivity contribution in [1.82, 2.24) is 14.9 Å². The molecule has 1 saturated heterocycles. The van der Waals surface area contributed by atoms with E-state index in [1.165, 1.54) is 0 Å². The zero-order chi connectivity index (χ0) is 14.0. The summed E-state index contributed by atoms with van der Waals surface area (Å²) < 4.78 is 0. The van der Waals surface area contributed by atoms with Crippen LogP contribution in [-0.4, -0.2) is 39.8 Å². The lowest BCUT2D eigenvalue weighted by atomic mass is 9.97. The van der Waals surface area contributed by atoms with E-state index in [0.29, 0.717) is 13.1 Å². The van der Waals surface area contributed by atoms with Crippen LogP contribution in [0.3, 0.4) is 0 Å². The minimum Gasteiger partial charge on any atom is -0.369 e. The van der Waals surface area contributed by atoms with Crippen molar-refractivity contribution in [3.8, 4) is 0 Å². The Hall–Kier alpha value is -1.85. The van der Waals surface area contributed by atoms with Gasteiger partial charge in [-0.1, -0.05) is 0 Å². The largest absolute Gasteiger partial charge is 0.369 e. The Balaban J connectivity index is 2.00. The van der Waals surface area contributed by atoms with Crippen molar-refractivity contribution in [3.05, 3.63) is 17.2 Å². The maximum atomic E-state index is 12.2. The van der Waals surface area contributed by atoms with E-state index < -0.39 is 0 Å². The first-order chi connectivity index (χ1) is 8.97. The molecular weight excluding hydrogens is 244 g/mol. The quantitative estimate of drug-likeness (QED) is 0.822. The van der Waals surface area contributed by atoms with Gasteiger partial charge in [0.2, 0.25) is 11.8 Å². The predicted octanol–water partition coefficient (Wildman–Crippen LogP) is 0.293. The van der Waals surface area contributed by atoms with E-state index in [1.807, 2.05) is 13.8 Å². The fourth-order valence-electron chi connectivity index (χ4n) is 2.52. The number of hydrogen-bond donors (Lipinski definition) is 2. The van der Waals surface area contributed by atoms with E-state index in [9.17, 15) is 9.59 Å². The molecule has 1 aromatic rings. The molecule has 0 spiro atoms. The molecule has 0 radical (unpaired) electrons. The molecule has 0 unspecified atom stereocenters. The van der Waals surface area contributed by atoms with E-state index >= 15 is 0 Å². The van der Waals surface area contributed by atoms with Gasteiger partial charge in [0.15, 0.2) is 0 Å². The molecule has 1 aliphatic heterocycles. The number of aromatic nitrogens is 2. The molecule has 1 aromatic heterocycles. The molecule has 2 amide bonds. The first-order valence-electron chi connectivity index (χ1n) is 6.56. The number of carbonyl (C=O) groups is 2. The van der Waals surface area contributed by atoms with Gasteiger partial charge in [-0.15, -0.1) is 0 Å². The van der Waals surface area contributed by atoms with Gasteiger partial charge in [0.05, 0.1) is 18.0 Å². The highest BCUT2D eigenvalue weighted by Gasteiger charge is 2.27. The van der Waals surface area contributed by atoms with Crippen molar-refractivity contribution < 1.29 is 9.59 Å². The van der Waals surface area contributed by atoms with Crippen LogP contribution in [0.25, 0.3) is 0 Å². The number of imidazole rings is 1. The van der Waals surface area contributed by atoms with Crippen LogP contribution in [0, 0.1) is 19.8 Å². The number of nitrogens with two attached hydrogens (primary N) is 1. The van der Waals surface area contributed by atoms with Crippen molar-refractivity contribution >= 4 is 11.8 Å². The number of H-pyrrole nitrogens is 1. The molecule has 0 aromatic carbocycles. The fourth-order valence-corrected chi connectivity index (χ4v) is 2.52. The standard InChI is InChI=1S/C13H20N4O2/c1-8-11(16-9(2)15-8)6-12(18)17-5-3-4-10(7-17)13(14)19/h10H,3-7H2,1-2H3,(H2,14,19)(H,15,16)/t10-/m0/s1. The summed E-state index contributed by atoms with van der Waals surface area (Å²) in [6.45, 7) is 4.91. The number of rotatable bonds is 3. The summed E-state index contributed by atoms with van der Waals surface area (Å²) in [6, 6.07) is 0. The SMILES string of the molecule is Cc1nc(CC(=O)N2CCC[C@H](C(N)=O)C2)c(C)[nH]1. The van der Waals surface area contributed by atoms with Crippen molar-refractivity contribution in [2.24, 2.45) is 11.7 Å². The van der Waals surface area contributed by atoms with Crippen LogP contribution < -0.4 is 5.73 Å². The molecule has 104 valence electrons. The number of likely N-dealkylation sites (tertiary alicyclic amines) is 1. The Kier molecular flexibility index (Phi) is 3.87. The molecule has 6 heteroatoms. The van der Waals surface area contributed by atoms with Gasteiger partial charge in [0.25, 0.3) is 0 Å². The van der Waals surface area contributed by atoms with Crippen LogP contribution in [0.1, 0.15) is 30.1 Å². The second-order valence-electron chi connectivity index (χ2n) is 5.15. The molecule has 0 aliphatic carbocycles. The number of nitrogens with one attached hydrogen (secondary N) is 1. The van der Waals surface area contributed by atoms with E-state index in [4.69, 9.17) is 5.73 Å². The molecule has 2 heterocycles. The van der Waals surface area contributed by atoms with Gasteiger partial charge in [0.1, 0.15) is 5.82 Å². The summed E-state index contributed by atoms with van der Waals surface area (Å²) in [5, 5.41) is 0. The molecule has 3 N–H and O–H groups in total. The number of aryl methyl sites for hydroxylation is 2. The van der Waals surface area contributed by atoms with Crippen molar-refractivity contribution in [2.45, 2.75) is 33.1 Å². The van der Waals surface area contributed by atoms with E-state index in [1.54, 1.807) is 4.90 Å². The lowest BCUT2D eigenvalue weighted by Gasteiger charge is -2.31. The fraction of sp³-hybridized carbons (Fsp3) is 0.615. The molecule has 0 bridgehead atoms. The number of amides is 2. The van der Waals surface area contributed by atoms with Gasteiger partial charge in [-0.2, -0.15) is 0 Å². The van der Waals surface area contributed by atoms with Gasteiger partial charge >= 0.3 is 0 Å². The van der Waals surface area contributed by atoms with E-state index in [2.05, 4.69) is 9.97 Å². The number of carbonyl (C=O) groups excluding carboxylic acids is 2. The topological polar surface area (TPSA) is 92.1 Å². The highest BCUT2D eigenvalue weighted by molar-refractivity contribution is 5.81. The molecule has 19 heavy (non-hydrogen) atoms. The van der Waals surface area contributed by atoms with Crippen molar-refractivity contribution in [3.63, 3.8) is 0 Å². The van der Waals surface area contributed by atoms with Gasteiger partial charge in [0, 0.05) is 18.8 Å². The molecular formula is C13H20N4O2. The lowest BCUT2D eigenvalue weighted by molar-refractivity contribution is -0.134. The van der Waals surface area contributed by atoms with Crippen LogP contribution in [0.5, 0.6) is 0 Å². The van der Waals surface area contributed by atoms with Crippen LogP contribution in [0.4, 0.5) is 0 Å². The summed E-state index contributed by atoms with van der Waals surface area (Å²) in [6.07, 6.45) is 1.89. The van der Waals surface area contributed by atoms with Crippen molar-refractivity contribution in [1.29, 1.82) is 0 Å². The predicted molar refractivity (Wildman–Crippen MR) is 70.3 cm³/mol. The molecule has 1 atom stereocenters. The highest BCUT2D eigenvalue weighted by atomic mass is 16.2.